The van der Waals surface area contributed by atoms with Crippen molar-refractivity contribution in [1.82, 2.24) is 4.57 Å². The van der Waals surface area contributed by atoms with Gasteiger partial charge < -0.3 is 13.9 Å². The summed E-state index contributed by atoms with van der Waals surface area (Å²) in [5.74, 6) is 0. The summed E-state index contributed by atoms with van der Waals surface area (Å²) in [6, 6.07) is 69.1. The number of furan rings is 1. The molecule has 0 spiro atoms. The lowest BCUT2D eigenvalue weighted by Crippen LogP contribution is -2.09. The van der Waals surface area contributed by atoms with Crippen LogP contribution in [-0.4, -0.2) is 4.57 Å². The van der Waals surface area contributed by atoms with Crippen LogP contribution in [0.1, 0.15) is 0 Å². The summed E-state index contributed by atoms with van der Waals surface area (Å²) >= 11 is 0. The van der Waals surface area contributed by atoms with Crippen LogP contribution in [0.5, 0.6) is 0 Å². The average molecular weight is 653 g/mol. The molecule has 0 fully saturated rings. The van der Waals surface area contributed by atoms with Crippen LogP contribution in [0.2, 0.25) is 0 Å². The second-order valence-electron chi connectivity index (χ2n) is 13.0. The first-order chi connectivity index (χ1) is 25.3. The maximum absolute atomic E-state index is 6.14. The van der Waals surface area contributed by atoms with Crippen LogP contribution in [0.4, 0.5) is 17.1 Å². The van der Waals surface area contributed by atoms with E-state index in [4.69, 9.17) is 4.42 Å². The number of para-hydroxylation sites is 5. The molecule has 10 rings (SSSR count). The SMILES string of the molecule is c1ccc(N(c2ccc(-c3ccc(-c4ccccc4-n4c5ccccc5c5ccccc54)cc3)cc2)c2ccc3oc4ccccc4c3c2)cc1. The van der Waals surface area contributed by atoms with Crippen molar-refractivity contribution in [2.24, 2.45) is 0 Å². The van der Waals surface area contributed by atoms with Crippen molar-refractivity contribution < 1.29 is 4.42 Å². The lowest BCUT2D eigenvalue weighted by Gasteiger charge is -2.25. The van der Waals surface area contributed by atoms with E-state index in [2.05, 4.69) is 191 Å². The quantitative estimate of drug-likeness (QED) is 0.178. The molecule has 0 unspecified atom stereocenters. The van der Waals surface area contributed by atoms with Crippen molar-refractivity contribution in [2.75, 3.05) is 4.90 Å². The first-order valence-electron chi connectivity index (χ1n) is 17.4. The molecule has 0 atom stereocenters. The van der Waals surface area contributed by atoms with Gasteiger partial charge in [0.25, 0.3) is 0 Å². The van der Waals surface area contributed by atoms with Crippen molar-refractivity contribution in [2.45, 2.75) is 0 Å². The Morgan fingerprint density at radius 3 is 1.59 bits per heavy atom. The minimum Gasteiger partial charge on any atom is -0.456 e. The number of aromatic nitrogens is 1. The summed E-state index contributed by atoms with van der Waals surface area (Å²) in [6.45, 7) is 0. The molecule has 0 radical (unpaired) electrons. The molecule has 0 bridgehead atoms. The fourth-order valence-corrected chi connectivity index (χ4v) is 7.62. The highest BCUT2D eigenvalue weighted by Gasteiger charge is 2.17. The molecular formula is C48H32N2O. The van der Waals surface area contributed by atoms with E-state index in [1.54, 1.807) is 0 Å². The predicted octanol–water partition coefficient (Wildman–Crippen LogP) is 13.5. The number of benzene rings is 8. The monoisotopic (exact) mass is 652 g/mol. The van der Waals surface area contributed by atoms with Gasteiger partial charge in [0.1, 0.15) is 11.2 Å². The summed E-state index contributed by atoms with van der Waals surface area (Å²) in [7, 11) is 0. The van der Waals surface area contributed by atoms with Crippen molar-refractivity contribution in [3.8, 4) is 27.9 Å². The summed E-state index contributed by atoms with van der Waals surface area (Å²) in [4.78, 5) is 2.31. The number of nitrogens with zero attached hydrogens (tertiary/aromatic N) is 2. The molecule has 0 aliphatic carbocycles. The lowest BCUT2D eigenvalue weighted by atomic mass is 9.98. The van der Waals surface area contributed by atoms with Gasteiger partial charge >= 0.3 is 0 Å². The van der Waals surface area contributed by atoms with Gasteiger partial charge in [-0.15, -0.1) is 0 Å². The normalized spacial score (nSPS) is 11.5. The van der Waals surface area contributed by atoms with E-state index >= 15 is 0 Å². The Hall–Kier alpha value is -6.84. The third-order valence-electron chi connectivity index (χ3n) is 10.0. The maximum atomic E-state index is 6.14. The van der Waals surface area contributed by atoms with Gasteiger partial charge in [0.2, 0.25) is 0 Å². The fraction of sp³-hybridized carbons (Fsp3) is 0. The summed E-state index contributed by atoms with van der Waals surface area (Å²) < 4.78 is 8.54. The largest absolute Gasteiger partial charge is 0.456 e. The fourth-order valence-electron chi connectivity index (χ4n) is 7.62. The van der Waals surface area contributed by atoms with Crippen LogP contribution in [0, 0.1) is 0 Å². The average Bonchev–Trinajstić information content (AvgIpc) is 3.74. The van der Waals surface area contributed by atoms with Crippen LogP contribution in [0.15, 0.2) is 199 Å². The minimum absolute atomic E-state index is 0.893. The highest BCUT2D eigenvalue weighted by atomic mass is 16.3. The van der Waals surface area contributed by atoms with Crippen molar-refractivity contribution in [3.05, 3.63) is 194 Å². The first-order valence-corrected chi connectivity index (χ1v) is 17.4. The standard InChI is InChI=1S/C48H32N2O/c1-2-12-36(13-3-1)49(38-30-31-48-43(32-38)42-17-7-11-21-47(42)51-48)37-28-26-34(27-29-37)33-22-24-35(25-23-33)39-14-4-8-18-44(39)50-45-19-9-5-15-40(45)41-16-6-10-20-46(41)50/h1-32H. The van der Waals surface area contributed by atoms with Crippen molar-refractivity contribution in [1.29, 1.82) is 0 Å². The van der Waals surface area contributed by atoms with E-state index < -0.39 is 0 Å². The molecule has 0 aliphatic heterocycles. The Bertz CT molecular complexity index is 2790. The Morgan fingerprint density at radius 1 is 0.353 bits per heavy atom. The molecule has 10 aromatic rings. The van der Waals surface area contributed by atoms with E-state index in [1.807, 2.05) is 12.1 Å². The van der Waals surface area contributed by atoms with Crippen LogP contribution in [-0.2, 0) is 0 Å². The Kier molecular flexibility index (Phi) is 6.81. The summed E-state index contributed by atoms with van der Waals surface area (Å²) in [5.41, 5.74) is 13.4. The highest BCUT2D eigenvalue weighted by Crippen LogP contribution is 2.40. The molecule has 2 aromatic heterocycles. The second-order valence-corrected chi connectivity index (χ2v) is 13.0. The van der Waals surface area contributed by atoms with E-state index in [0.29, 0.717) is 0 Å². The third-order valence-corrected chi connectivity index (χ3v) is 10.0. The zero-order chi connectivity index (χ0) is 33.7. The van der Waals surface area contributed by atoms with Gasteiger partial charge in [-0.3, -0.25) is 0 Å². The van der Waals surface area contributed by atoms with Gasteiger partial charge in [-0.05, 0) is 83.4 Å². The van der Waals surface area contributed by atoms with Crippen molar-refractivity contribution in [3.63, 3.8) is 0 Å². The van der Waals surface area contributed by atoms with Gasteiger partial charge in [-0.1, -0.05) is 127 Å². The summed E-state index contributed by atoms with van der Waals surface area (Å²) in [5, 5.41) is 4.77. The number of rotatable bonds is 6. The van der Waals surface area contributed by atoms with Crippen LogP contribution in [0.25, 0.3) is 71.7 Å². The molecule has 3 nitrogen and oxygen atoms in total. The van der Waals surface area contributed by atoms with E-state index in [-0.39, 0.29) is 0 Å². The molecule has 0 amide bonds. The van der Waals surface area contributed by atoms with Gasteiger partial charge in [-0.2, -0.15) is 0 Å². The van der Waals surface area contributed by atoms with Gasteiger partial charge in [0, 0.05) is 44.2 Å². The van der Waals surface area contributed by atoms with Crippen LogP contribution < -0.4 is 4.90 Å². The molecular weight excluding hydrogens is 621 g/mol. The molecule has 51 heavy (non-hydrogen) atoms. The van der Waals surface area contributed by atoms with Crippen molar-refractivity contribution >= 4 is 60.8 Å². The van der Waals surface area contributed by atoms with Gasteiger partial charge in [0.15, 0.2) is 0 Å². The van der Waals surface area contributed by atoms with E-state index in [9.17, 15) is 0 Å². The predicted molar refractivity (Wildman–Crippen MR) is 214 cm³/mol. The van der Waals surface area contributed by atoms with Gasteiger partial charge in [-0.25, -0.2) is 0 Å². The maximum Gasteiger partial charge on any atom is 0.135 e. The Morgan fingerprint density at radius 2 is 0.863 bits per heavy atom. The highest BCUT2D eigenvalue weighted by molar-refractivity contribution is 6.10. The van der Waals surface area contributed by atoms with Gasteiger partial charge in [0.05, 0.1) is 16.7 Å². The number of anilines is 3. The lowest BCUT2D eigenvalue weighted by molar-refractivity contribution is 0.669. The third kappa shape index (κ3) is 4.90. The smallest absolute Gasteiger partial charge is 0.135 e. The first kappa shape index (κ1) is 29.1. The van der Waals surface area contributed by atoms with Crippen LogP contribution in [0.3, 0.4) is 0 Å². The molecule has 8 aromatic carbocycles. The molecule has 0 N–H and O–H groups in total. The van der Waals surface area contributed by atoms with Crippen LogP contribution >= 0.6 is 0 Å². The summed E-state index contributed by atoms with van der Waals surface area (Å²) in [6.07, 6.45) is 0. The molecule has 0 saturated carbocycles. The number of fused-ring (bicyclic) bond motifs is 6. The topological polar surface area (TPSA) is 21.3 Å². The van der Waals surface area contributed by atoms with E-state index in [1.165, 1.54) is 49.7 Å². The molecule has 240 valence electrons. The Balaban J connectivity index is 1.01. The number of hydrogen-bond donors (Lipinski definition) is 0. The second kappa shape index (κ2) is 11.9. The zero-order valence-electron chi connectivity index (χ0n) is 27.8. The van der Waals surface area contributed by atoms with E-state index in [0.717, 1.165) is 39.0 Å². The molecule has 0 saturated heterocycles. The zero-order valence-corrected chi connectivity index (χ0v) is 27.8. The molecule has 0 aliphatic rings. The Labute approximate surface area is 295 Å². The molecule has 3 heteroatoms. The number of hydrogen-bond acceptors (Lipinski definition) is 2. The molecule has 2 heterocycles. The minimum atomic E-state index is 0.893.